The Morgan fingerprint density at radius 1 is 1.41 bits per heavy atom. The molecule has 0 saturated carbocycles. The molecule has 17 heavy (non-hydrogen) atoms. The molecule has 0 aromatic rings. The highest BCUT2D eigenvalue weighted by atomic mass is 16.6. The largest absolute Gasteiger partial charge is 0.386 e. The first-order chi connectivity index (χ1) is 7.95. The van der Waals surface area contributed by atoms with Gasteiger partial charge in [-0.15, -0.1) is 0 Å². The molecule has 0 bridgehead atoms. The van der Waals surface area contributed by atoms with E-state index in [0.29, 0.717) is 18.6 Å². The van der Waals surface area contributed by atoms with Crippen LogP contribution in [0.25, 0.3) is 0 Å². The number of carbonyl (C=O) groups excluding carboxylic acids is 2. The first-order valence-corrected chi connectivity index (χ1v) is 5.31. The van der Waals surface area contributed by atoms with E-state index in [-0.39, 0.29) is 11.7 Å². The topological polar surface area (TPSA) is 55.9 Å². The summed E-state index contributed by atoms with van der Waals surface area (Å²) in [4.78, 5) is 22.8. The van der Waals surface area contributed by atoms with Gasteiger partial charge < -0.3 is 9.47 Å². The molecule has 4 nitrogen and oxygen atoms in total. The molecule has 0 N–H and O–H groups in total. The van der Waals surface area contributed by atoms with Crippen LogP contribution in [0.5, 0.6) is 0 Å². The molecule has 0 radical (unpaired) electrons. The molecule has 1 aliphatic rings. The third-order valence-electron chi connectivity index (χ3n) is 2.42. The zero-order valence-corrected chi connectivity index (χ0v) is 10.1. The normalized spacial score (nSPS) is 19.1. The molecule has 1 fully saturated rings. The van der Waals surface area contributed by atoms with Crippen LogP contribution in [0.1, 0.15) is 20.3 Å². The van der Waals surface area contributed by atoms with E-state index in [2.05, 4.69) is 17.9 Å². The molecule has 1 saturated heterocycles. The zero-order chi connectivity index (χ0) is 13.0. The number of carbonyl (C=O) groups is 2. The second kappa shape index (κ2) is 5.59. The van der Waals surface area contributed by atoms with E-state index in [1.165, 1.54) is 6.92 Å². The Hall–Kier alpha value is -1.68. The van der Waals surface area contributed by atoms with E-state index in [0.717, 1.165) is 5.57 Å². The average Bonchev–Trinajstić information content (AvgIpc) is 3.08. The molecular formula is C13H16O4. The van der Waals surface area contributed by atoms with Gasteiger partial charge in [0.1, 0.15) is 0 Å². The van der Waals surface area contributed by atoms with E-state index in [1.54, 1.807) is 13.0 Å². The van der Waals surface area contributed by atoms with Crippen molar-refractivity contribution >= 4 is 11.9 Å². The van der Waals surface area contributed by atoms with Gasteiger partial charge in [0, 0.05) is 17.6 Å². The fourth-order valence-corrected chi connectivity index (χ4v) is 1.20. The Bertz CT molecular complexity index is 400. The number of ether oxygens (including phenoxy) is 2. The molecule has 1 aliphatic heterocycles. The fraction of sp³-hybridized carbons (Fsp3) is 0.385. The molecule has 0 aromatic carbocycles. The van der Waals surface area contributed by atoms with Crippen LogP contribution in [-0.4, -0.2) is 24.6 Å². The highest BCUT2D eigenvalue weighted by Crippen LogP contribution is 2.22. The molecule has 1 rings (SSSR count). The third-order valence-corrected chi connectivity index (χ3v) is 2.42. The molecule has 0 amide bonds. The molecule has 1 unspecified atom stereocenters. The van der Waals surface area contributed by atoms with Gasteiger partial charge in [-0.3, -0.25) is 0 Å². The summed E-state index contributed by atoms with van der Waals surface area (Å²) in [5, 5.41) is 0. The molecule has 0 aliphatic carbocycles. The first-order valence-electron chi connectivity index (χ1n) is 5.31. The van der Waals surface area contributed by atoms with E-state index < -0.39 is 11.9 Å². The van der Waals surface area contributed by atoms with Crippen molar-refractivity contribution < 1.29 is 19.1 Å². The van der Waals surface area contributed by atoms with Crippen molar-refractivity contribution in [3.05, 3.63) is 36.0 Å². The minimum Gasteiger partial charge on any atom is -0.386 e. The van der Waals surface area contributed by atoms with Gasteiger partial charge in [-0.05, 0) is 19.4 Å². The highest BCUT2D eigenvalue weighted by molar-refractivity contribution is 6.01. The Kier molecular flexibility index (Phi) is 4.40. The van der Waals surface area contributed by atoms with Crippen molar-refractivity contribution in [2.75, 3.05) is 6.61 Å². The third kappa shape index (κ3) is 4.00. The minimum absolute atomic E-state index is 0.155. The summed E-state index contributed by atoms with van der Waals surface area (Å²) in [5.41, 5.74) is 1.31. The van der Waals surface area contributed by atoms with Crippen LogP contribution < -0.4 is 0 Å². The Morgan fingerprint density at radius 3 is 2.41 bits per heavy atom. The number of rotatable bonds is 5. The summed E-state index contributed by atoms with van der Waals surface area (Å²) in [5.74, 6) is -1.37. The lowest BCUT2D eigenvalue weighted by Crippen LogP contribution is -2.15. The SMILES string of the molecule is C=CC(CC1CO1)=C(C)C(=O)OC(=O)C(=C)C. The number of esters is 2. The summed E-state index contributed by atoms with van der Waals surface area (Å²) in [6.07, 6.45) is 2.36. The van der Waals surface area contributed by atoms with Crippen LogP contribution in [0, 0.1) is 0 Å². The van der Waals surface area contributed by atoms with E-state index >= 15 is 0 Å². The van der Waals surface area contributed by atoms with Crippen molar-refractivity contribution in [1.29, 1.82) is 0 Å². The minimum atomic E-state index is -0.708. The van der Waals surface area contributed by atoms with Crippen molar-refractivity contribution in [3.8, 4) is 0 Å². The van der Waals surface area contributed by atoms with E-state index in [4.69, 9.17) is 4.74 Å². The molecule has 1 atom stereocenters. The number of allylic oxidation sites excluding steroid dienone is 1. The predicted molar refractivity (Wildman–Crippen MR) is 63.2 cm³/mol. The first kappa shape index (κ1) is 13.4. The number of hydrogen-bond donors (Lipinski definition) is 0. The molecule has 0 aromatic heterocycles. The lowest BCUT2D eigenvalue weighted by molar-refractivity contribution is -0.153. The van der Waals surface area contributed by atoms with Gasteiger partial charge in [0.05, 0.1) is 12.7 Å². The average molecular weight is 236 g/mol. The predicted octanol–water partition coefficient (Wildman–Crippen LogP) is 1.92. The number of epoxide rings is 1. The van der Waals surface area contributed by atoms with Gasteiger partial charge in [-0.1, -0.05) is 19.2 Å². The summed E-state index contributed by atoms with van der Waals surface area (Å²) >= 11 is 0. The maximum atomic E-state index is 11.6. The zero-order valence-electron chi connectivity index (χ0n) is 10.1. The van der Waals surface area contributed by atoms with Gasteiger partial charge in [0.25, 0.3) is 0 Å². The summed E-state index contributed by atoms with van der Waals surface area (Å²) in [7, 11) is 0. The van der Waals surface area contributed by atoms with Crippen LogP contribution in [-0.2, 0) is 19.1 Å². The Labute approximate surface area is 101 Å². The maximum absolute atomic E-state index is 11.6. The van der Waals surface area contributed by atoms with Crippen LogP contribution in [0.4, 0.5) is 0 Å². The van der Waals surface area contributed by atoms with Gasteiger partial charge in [-0.25, -0.2) is 9.59 Å². The van der Waals surface area contributed by atoms with E-state index in [9.17, 15) is 9.59 Å². The Balaban J connectivity index is 2.70. The van der Waals surface area contributed by atoms with Crippen LogP contribution in [0.2, 0.25) is 0 Å². The van der Waals surface area contributed by atoms with E-state index in [1.807, 2.05) is 0 Å². The molecular weight excluding hydrogens is 220 g/mol. The lowest BCUT2D eigenvalue weighted by atomic mass is 10.0. The highest BCUT2D eigenvalue weighted by Gasteiger charge is 2.25. The van der Waals surface area contributed by atoms with Crippen molar-refractivity contribution in [2.24, 2.45) is 0 Å². The van der Waals surface area contributed by atoms with Crippen molar-refractivity contribution in [2.45, 2.75) is 26.4 Å². The number of hydrogen-bond acceptors (Lipinski definition) is 4. The second-order valence-electron chi connectivity index (χ2n) is 3.97. The van der Waals surface area contributed by atoms with Crippen LogP contribution in [0.15, 0.2) is 36.0 Å². The summed E-state index contributed by atoms with van der Waals surface area (Å²) in [6, 6.07) is 0. The van der Waals surface area contributed by atoms with Gasteiger partial charge >= 0.3 is 11.9 Å². The van der Waals surface area contributed by atoms with Crippen molar-refractivity contribution in [3.63, 3.8) is 0 Å². The molecule has 92 valence electrons. The van der Waals surface area contributed by atoms with Gasteiger partial charge in [-0.2, -0.15) is 0 Å². The maximum Gasteiger partial charge on any atom is 0.341 e. The Morgan fingerprint density at radius 2 is 2.00 bits per heavy atom. The fourth-order valence-electron chi connectivity index (χ4n) is 1.20. The molecule has 4 heteroatoms. The van der Waals surface area contributed by atoms with Gasteiger partial charge in [0.15, 0.2) is 0 Å². The quantitative estimate of drug-likeness (QED) is 0.240. The molecule has 0 spiro atoms. The molecule has 1 heterocycles. The lowest BCUT2D eigenvalue weighted by Gasteiger charge is -2.06. The van der Waals surface area contributed by atoms with Crippen LogP contribution in [0.3, 0.4) is 0 Å². The van der Waals surface area contributed by atoms with Crippen LogP contribution >= 0.6 is 0 Å². The second-order valence-corrected chi connectivity index (χ2v) is 3.97. The summed E-state index contributed by atoms with van der Waals surface area (Å²) in [6.45, 7) is 10.8. The standard InChI is InChI=1S/C13H16O4/c1-5-10(6-11-7-16-11)9(4)13(15)17-12(14)8(2)3/h5,11H,1-2,6-7H2,3-4H3. The van der Waals surface area contributed by atoms with Gasteiger partial charge in [0.2, 0.25) is 0 Å². The monoisotopic (exact) mass is 236 g/mol. The summed E-state index contributed by atoms with van der Waals surface area (Å²) < 4.78 is 9.71. The van der Waals surface area contributed by atoms with Crippen molar-refractivity contribution in [1.82, 2.24) is 0 Å². The smallest absolute Gasteiger partial charge is 0.341 e.